The summed E-state index contributed by atoms with van der Waals surface area (Å²) >= 11 is 0. The summed E-state index contributed by atoms with van der Waals surface area (Å²) in [5.74, 6) is 0.262. The first-order chi connectivity index (χ1) is 8.34. The van der Waals surface area contributed by atoms with Crippen LogP contribution in [0.5, 0.6) is 0 Å². The Kier molecular flexibility index (Phi) is 2.15. The molecule has 0 bridgehead atoms. The van der Waals surface area contributed by atoms with Gasteiger partial charge in [0.05, 0.1) is 5.56 Å². The summed E-state index contributed by atoms with van der Waals surface area (Å²) in [5, 5.41) is 3.59. The van der Waals surface area contributed by atoms with Crippen molar-refractivity contribution in [3.05, 3.63) is 48.4 Å². The number of para-hydroxylation sites is 1. The minimum atomic E-state index is -0.183. The van der Waals surface area contributed by atoms with Gasteiger partial charge in [-0.15, -0.1) is 0 Å². The second-order valence-corrected chi connectivity index (χ2v) is 3.64. The van der Waals surface area contributed by atoms with E-state index in [1.807, 2.05) is 24.3 Å². The van der Waals surface area contributed by atoms with Crippen molar-refractivity contribution in [1.82, 2.24) is 15.0 Å². The number of H-pyrrole nitrogens is 2. The van der Waals surface area contributed by atoms with Crippen LogP contribution < -0.4 is 5.32 Å². The average molecular weight is 226 g/mol. The number of fused-ring (bicyclic) bond motifs is 1. The fourth-order valence-corrected chi connectivity index (χ4v) is 1.77. The van der Waals surface area contributed by atoms with E-state index in [-0.39, 0.29) is 5.91 Å². The molecule has 3 aromatic rings. The van der Waals surface area contributed by atoms with Crippen molar-refractivity contribution in [2.24, 2.45) is 0 Å². The molecule has 5 nitrogen and oxygen atoms in total. The normalized spacial score (nSPS) is 10.6. The number of hydrogen-bond acceptors (Lipinski definition) is 2. The van der Waals surface area contributed by atoms with Gasteiger partial charge in [-0.3, -0.25) is 10.1 Å². The Morgan fingerprint density at radius 3 is 2.94 bits per heavy atom. The molecule has 0 atom stereocenters. The van der Waals surface area contributed by atoms with Gasteiger partial charge in [-0.25, -0.2) is 4.98 Å². The molecular weight excluding hydrogens is 216 g/mol. The summed E-state index contributed by atoms with van der Waals surface area (Å²) in [4.78, 5) is 21.8. The van der Waals surface area contributed by atoms with Crippen molar-refractivity contribution < 1.29 is 4.79 Å². The van der Waals surface area contributed by atoms with Crippen LogP contribution in [0.15, 0.2) is 42.9 Å². The first kappa shape index (κ1) is 9.65. The van der Waals surface area contributed by atoms with Crippen molar-refractivity contribution in [3.8, 4) is 0 Å². The summed E-state index contributed by atoms with van der Waals surface area (Å²) in [6.45, 7) is 0. The Morgan fingerprint density at radius 1 is 1.24 bits per heavy atom. The van der Waals surface area contributed by atoms with Gasteiger partial charge in [0.2, 0.25) is 5.95 Å². The molecule has 84 valence electrons. The lowest BCUT2D eigenvalue weighted by atomic mass is 10.1. The Bertz CT molecular complexity index is 654. The van der Waals surface area contributed by atoms with Crippen LogP contribution in [0.1, 0.15) is 10.4 Å². The molecule has 2 heterocycles. The summed E-state index contributed by atoms with van der Waals surface area (Å²) in [7, 11) is 0. The third kappa shape index (κ3) is 1.67. The number of nitrogens with one attached hydrogen (secondary N) is 3. The molecule has 0 aliphatic carbocycles. The van der Waals surface area contributed by atoms with Gasteiger partial charge in [-0.05, 0) is 6.07 Å². The van der Waals surface area contributed by atoms with Crippen LogP contribution in [0.25, 0.3) is 10.9 Å². The maximum Gasteiger partial charge on any atom is 0.260 e. The SMILES string of the molecule is O=C(Nc1ncc[nH]1)c1c[nH]c2ccccc12. The quantitative estimate of drug-likeness (QED) is 0.626. The molecule has 17 heavy (non-hydrogen) atoms. The molecule has 5 heteroatoms. The zero-order chi connectivity index (χ0) is 11.7. The predicted octanol–water partition coefficient (Wildman–Crippen LogP) is 2.14. The molecular formula is C12H10N4O. The van der Waals surface area contributed by atoms with Crippen LogP contribution in [0.4, 0.5) is 5.95 Å². The maximum absolute atomic E-state index is 12.0. The van der Waals surface area contributed by atoms with E-state index in [1.54, 1.807) is 18.6 Å². The number of carbonyl (C=O) groups excluding carboxylic acids is 1. The van der Waals surface area contributed by atoms with Crippen LogP contribution >= 0.6 is 0 Å². The lowest BCUT2D eigenvalue weighted by molar-refractivity contribution is 0.102. The fourth-order valence-electron chi connectivity index (χ4n) is 1.77. The minimum Gasteiger partial charge on any atom is -0.360 e. The van der Waals surface area contributed by atoms with Gasteiger partial charge in [0.15, 0.2) is 0 Å². The second kappa shape index (κ2) is 3.79. The Morgan fingerprint density at radius 2 is 2.12 bits per heavy atom. The number of rotatable bonds is 2. The van der Waals surface area contributed by atoms with Crippen molar-refractivity contribution >= 4 is 22.8 Å². The predicted molar refractivity (Wildman–Crippen MR) is 64.8 cm³/mol. The highest BCUT2D eigenvalue weighted by Gasteiger charge is 2.12. The number of benzene rings is 1. The van der Waals surface area contributed by atoms with Crippen molar-refractivity contribution in [2.75, 3.05) is 5.32 Å². The van der Waals surface area contributed by atoms with Crippen molar-refractivity contribution in [3.63, 3.8) is 0 Å². The Hall–Kier alpha value is -2.56. The zero-order valence-corrected chi connectivity index (χ0v) is 8.90. The van der Waals surface area contributed by atoms with E-state index in [4.69, 9.17) is 0 Å². The number of anilines is 1. The van der Waals surface area contributed by atoms with Crippen LogP contribution in [0.2, 0.25) is 0 Å². The van der Waals surface area contributed by atoms with Crippen LogP contribution in [0.3, 0.4) is 0 Å². The lowest BCUT2D eigenvalue weighted by Crippen LogP contribution is -2.12. The highest BCUT2D eigenvalue weighted by Crippen LogP contribution is 2.18. The van der Waals surface area contributed by atoms with Gasteiger partial charge in [-0.2, -0.15) is 0 Å². The van der Waals surface area contributed by atoms with E-state index in [0.29, 0.717) is 11.5 Å². The molecule has 0 saturated carbocycles. The van der Waals surface area contributed by atoms with Crippen LogP contribution in [-0.2, 0) is 0 Å². The number of carbonyl (C=O) groups is 1. The van der Waals surface area contributed by atoms with E-state index < -0.39 is 0 Å². The average Bonchev–Trinajstić information content (AvgIpc) is 2.96. The summed E-state index contributed by atoms with van der Waals surface area (Å²) in [6, 6.07) is 7.66. The van der Waals surface area contributed by atoms with Crippen molar-refractivity contribution in [1.29, 1.82) is 0 Å². The van der Waals surface area contributed by atoms with Crippen molar-refractivity contribution in [2.45, 2.75) is 0 Å². The molecule has 0 unspecified atom stereocenters. The third-order valence-electron chi connectivity index (χ3n) is 2.56. The fraction of sp³-hybridized carbons (Fsp3) is 0. The second-order valence-electron chi connectivity index (χ2n) is 3.64. The maximum atomic E-state index is 12.0. The highest BCUT2D eigenvalue weighted by molar-refractivity contribution is 6.12. The number of hydrogen-bond donors (Lipinski definition) is 3. The molecule has 0 aliphatic heterocycles. The van der Waals surface area contributed by atoms with E-state index >= 15 is 0 Å². The molecule has 2 aromatic heterocycles. The van der Waals surface area contributed by atoms with Gasteiger partial charge >= 0.3 is 0 Å². The Labute approximate surface area is 96.9 Å². The van der Waals surface area contributed by atoms with Crippen LogP contribution in [-0.4, -0.2) is 20.9 Å². The monoisotopic (exact) mass is 226 g/mol. The van der Waals surface area contributed by atoms with Crippen LogP contribution in [0, 0.1) is 0 Å². The lowest BCUT2D eigenvalue weighted by Gasteiger charge is -1.99. The van der Waals surface area contributed by atoms with Gasteiger partial charge in [0.1, 0.15) is 0 Å². The molecule has 3 rings (SSSR count). The first-order valence-corrected chi connectivity index (χ1v) is 5.21. The highest BCUT2D eigenvalue weighted by atomic mass is 16.1. The molecule has 1 amide bonds. The summed E-state index contributed by atoms with van der Waals surface area (Å²) in [5.41, 5.74) is 1.55. The van der Waals surface area contributed by atoms with E-state index in [0.717, 1.165) is 10.9 Å². The molecule has 0 fully saturated rings. The van der Waals surface area contributed by atoms with Gasteiger partial charge in [0.25, 0.3) is 5.91 Å². The number of nitrogens with zero attached hydrogens (tertiary/aromatic N) is 1. The molecule has 1 aromatic carbocycles. The van der Waals surface area contributed by atoms with Gasteiger partial charge < -0.3 is 9.97 Å². The zero-order valence-electron chi connectivity index (χ0n) is 8.90. The number of amides is 1. The van der Waals surface area contributed by atoms with Gasteiger partial charge in [-0.1, -0.05) is 18.2 Å². The van der Waals surface area contributed by atoms with Gasteiger partial charge in [0, 0.05) is 29.5 Å². The topological polar surface area (TPSA) is 73.6 Å². The van der Waals surface area contributed by atoms with E-state index in [2.05, 4.69) is 20.3 Å². The van der Waals surface area contributed by atoms with E-state index in [1.165, 1.54) is 0 Å². The summed E-state index contributed by atoms with van der Waals surface area (Å²) in [6.07, 6.45) is 4.94. The minimum absolute atomic E-state index is 0.183. The third-order valence-corrected chi connectivity index (χ3v) is 2.56. The molecule has 0 radical (unpaired) electrons. The number of imidazole rings is 1. The first-order valence-electron chi connectivity index (χ1n) is 5.21. The molecule has 0 spiro atoms. The largest absolute Gasteiger partial charge is 0.360 e. The summed E-state index contributed by atoms with van der Waals surface area (Å²) < 4.78 is 0. The number of aromatic amines is 2. The molecule has 3 N–H and O–H groups in total. The molecule has 0 aliphatic rings. The standard InChI is InChI=1S/C12H10N4O/c17-11(16-12-13-5-6-14-12)9-7-15-10-4-2-1-3-8(9)10/h1-7,15H,(H2,13,14,16,17). The molecule has 0 saturated heterocycles. The Balaban J connectivity index is 1.96. The van der Waals surface area contributed by atoms with E-state index in [9.17, 15) is 4.79 Å². The smallest absolute Gasteiger partial charge is 0.260 e. The number of aromatic nitrogens is 3.